The summed E-state index contributed by atoms with van der Waals surface area (Å²) in [7, 11) is 1.70. The Balaban J connectivity index is 1.47. The zero-order valence-electron chi connectivity index (χ0n) is 14.0. The molecule has 4 rings (SSSR count). The first-order valence-corrected chi connectivity index (χ1v) is 8.56. The molecule has 2 unspecified atom stereocenters. The Morgan fingerprint density at radius 3 is 2.67 bits per heavy atom. The number of hydrazone groups is 1. The smallest absolute Gasteiger partial charge is 0.118 e. The molecule has 1 N–H and O–H groups in total. The molecule has 4 heteroatoms. The average molecular weight is 321 g/mol. The summed E-state index contributed by atoms with van der Waals surface area (Å²) in [6.07, 6.45) is 1.05. The first-order valence-electron chi connectivity index (χ1n) is 8.56. The van der Waals surface area contributed by atoms with Gasteiger partial charge in [0.2, 0.25) is 0 Å². The molecule has 1 fully saturated rings. The van der Waals surface area contributed by atoms with Crippen LogP contribution in [0.5, 0.6) is 5.75 Å². The van der Waals surface area contributed by atoms with Gasteiger partial charge in [-0.05, 0) is 23.3 Å². The van der Waals surface area contributed by atoms with Crippen LogP contribution in [0.15, 0.2) is 59.7 Å². The number of fused-ring (bicyclic) bond motifs is 1. The number of piperidine rings is 1. The van der Waals surface area contributed by atoms with Gasteiger partial charge in [0.25, 0.3) is 0 Å². The predicted molar refractivity (Wildman–Crippen MR) is 96.1 cm³/mol. The van der Waals surface area contributed by atoms with Gasteiger partial charge in [-0.25, -0.2) is 0 Å². The van der Waals surface area contributed by atoms with E-state index in [0.29, 0.717) is 5.92 Å². The highest BCUT2D eigenvalue weighted by Crippen LogP contribution is 2.33. The summed E-state index contributed by atoms with van der Waals surface area (Å²) in [4.78, 5) is 2.54. The molecule has 2 aliphatic heterocycles. The van der Waals surface area contributed by atoms with Crippen LogP contribution in [0.25, 0.3) is 0 Å². The average Bonchev–Trinajstić information content (AvgIpc) is 3.06. The van der Waals surface area contributed by atoms with Crippen LogP contribution in [0, 0.1) is 5.92 Å². The summed E-state index contributed by atoms with van der Waals surface area (Å²) in [5, 5.41) is 4.61. The quantitative estimate of drug-likeness (QED) is 0.939. The van der Waals surface area contributed by atoms with Gasteiger partial charge < -0.3 is 10.2 Å². The third-order valence-corrected chi connectivity index (χ3v) is 5.04. The van der Waals surface area contributed by atoms with Gasteiger partial charge in [0, 0.05) is 37.7 Å². The van der Waals surface area contributed by atoms with Gasteiger partial charge in [0.15, 0.2) is 0 Å². The van der Waals surface area contributed by atoms with Gasteiger partial charge >= 0.3 is 0 Å². The Labute approximate surface area is 143 Å². The number of rotatable bonds is 4. The van der Waals surface area contributed by atoms with E-state index < -0.39 is 0 Å². The van der Waals surface area contributed by atoms with Crippen molar-refractivity contribution < 1.29 is 4.74 Å². The number of nitrogens with one attached hydrogen (secondary N) is 1. The van der Waals surface area contributed by atoms with Gasteiger partial charge in [-0.15, -0.1) is 0 Å². The topological polar surface area (TPSA) is 36.9 Å². The Morgan fingerprint density at radius 2 is 1.92 bits per heavy atom. The summed E-state index contributed by atoms with van der Waals surface area (Å²) in [5.41, 5.74) is 7.34. The highest BCUT2D eigenvalue weighted by atomic mass is 16.5. The lowest BCUT2D eigenvalue weighted by molar-refractivity contribution is 0.220. The van der Waals surface area contributed by atoms with E-state index in [2.05, 4.69) is 57.9 Å². The van der Waals surface area contributed by atoms with Gasteiger partial charge in [0.05, 0.1) is 13.2 Å². The summed E-state index contributed by atoms with van der Waals surface area (Å²) in [6.45, 7) is 3.15. The van der Waals surface area contributed by atoms with E-state index in [0.717, 1.165) is 31.8 Å². The van der Waals surface area contributed by atoms with Crippen LogP contribution in [0.3, 0.4) is 0 Å². The van der Waals surface area contributed by atoms with Crippen molar-refractivity contribution >= 4 is 5.71 Å². The minimum absolute atomic E-state index is 0.268. The molecular formula is C20H23N3O. The second-order valence-electron chi connectivity index (χ2n) is 6.56. The SMILES string of the molecule is COc1ccc(C2NN=C3CCN(Cc4ccccc4)CC32)cc1. The number of ether oxygens (including phenoxy) is 1. The van der Waals surface area contributed by atoms with E-state index in [9.17, 15) is 0 Å². The summed E-state index contributed by atoms with van der Waals surface area (Å²) >= 11 is 0. The Morgan fingerprint density at radius 1 is 1.12 bits per heavy atom. The zero-order chi connectivity index (χ0) is 16.4. The normalized spacial score (nSPS) is 23.3. The molecule has 0 bridgehead atoms. The number of benzene rings is 2. The van der Waals surface area contributed by atoms with Crippen LogP contribution in [0.4, 0.5) is 0 Å². The highest BCUT2D eigenvalue weighted by Gasteiger charge is 2.36. The number of likely N-dealkylation sites (tertiary alicyclic amines) is 1. The molecule has 2 heterocycles. The van der Waals surface area contributed by atoms with Crippen molar-refractivity contribution in [3.63, 3.8) is 0 Å². The second-order valence-corrected chi connectivity index (χ2v) is 6.56. The van der Waals surface area contributed by atoms with Crippen molar-refractivity contribution in [1.29, 1.82) is 0 Å². The van der Waals surface area contributed by atoms with Crippen molar-refractivity contribution in [2.45, 2.75) is 19.0 Å². The van der Waals surface area contributed by atoms with E-state index in [1.54, 1.807) is 7.11 Å². The van der Waals surface area contributed by atoms with Crippen molar-refractivity contribution in [2.75, 3.05) is 20.2 Å². The summed E-state index contributed by atoms with van der Waals surface area (Å²) in [5.74, 6) is 1.35. The van der Waals surface area contributed by atoms with Crippen molar-refractivity contribution in [3.8, 4) is 5.75 Å². The summed E-state index contributed by atoms with van der Waals surface area (Å²) < 4.78 is 5.26. The Kier molecular flexibility index (Phi) is 4.22. The van der Waals surface area contributed by atoms with Gasteiger partial charge in [-0.1, -0.05) is 42.5 Å². The minimum atomic E-state index is 0.268. The van der Waals surface area contributed by atoms with E-state index in [4.69, 9.17) is 4.74 Å². The minimum Gasteiger partial charge on any atom is -0.497 e. The molecule has 124 valence electrons. The third-order valence-electron chi connectivity index (χ3n) is 5.04. The van der Waals surface area contributed by atoms with E-state index >= 15 is 0 Å². The van der Waals surface area contributed by atoms with Crippen LogP contribution in [-0.4, -0.2) is 30.8 Å². The van der Waals surface area contributed by atoms with Crippen LogP contribution in [-0.2, 0) is 6.54 Å². The van der Waals surface area contributed by atoms with Gasteiger partial charge in [-0.2, -0.15) is 5.10 Å². The third kappa shape index (κ3) is 3.02. The van der Waals surface area contributed by atoms with E-state index in [1.807, 2.05) is 12.1 Å². The first kappa shape index (κ1) is 15.2. The largest absolute Gasteiger partial charge is 0.497 e. The number of hydrogen-bond acceptors (Lipinski definition) is 4. The molecule has 4 nitrogen and oxygen atoms in total. The molecule has 2 aliphatic rings. The first-order chi connectivity index (χ1) is 11.8. The molecule has 0 spiro atoms. The fourth-order valence-corrected chi connectivity index (χ4v) is 3.72. The summed E-state index contributed by atoms with van der Waals surface area (Å²) in [6, 6.07) is 19.3. The maximum absolute atomic E-state index is 5.26. The number of hydrogen-bond donors (Lipinski definition) is 1. The molecule has 0 aromatic heterocycles. The van der Waals surface area contributed by atoms with Crippen molar-refractivity contribution in [2.24, 2.45) is 11.0 Å². The van der Waals surface area contributed by atoms with Crippen LogP contribution >= 0.6 is 0 Å². The standard InChI is InChI=1S/C20H23N3O/c1-24-17-9-7-16(8-10-17)20-18-14-23(12-11-19(18)21-22-20)13-15-5-3-2-4-6-15/h2-10,18,20,22H,11-14H2,1H3. The van der Waals surface area contributed by atoms with Crippen LogP contribution < -0.4 is 10.2 Å². The Hall–Kier alpha value is -2.33. The van der Waals surface area contributed by atoms with Crippen molar-refractivity contribution in [3.05, 3.63) is 65.7 Å². The molecule has 0 aliphatic carbocycles. The monoisotopic (exact) mass is 321 g/mol. The molecule has 0 saturated carbocycles. The molecule has 2 aromatic carbocycles. The molecule has 2 aromatic rings. The zero-order valence-corrected chi connectivity index (χ0v) is 14.0. The van der Waals surface area contributed by atoms with E-state index in [-0.39, 0.29) is 6.04 Å². The van der Waals surface area contributed by atoms with Gasteiger partial charge in [0.1, 0.15) is 5.75 Å². The number of methoxy groups -OCH3 is 1. The molecule has 24 heavy (non-hydrogen) atoms. The molecule has 1 saturated heterocycles. The van der Waals surface area contributed by atoms with Crippen LogP contribution in [0.2, 0.25) is 0 Å². The molecule has 0 amide bonds. The van der Waals surface area contributed by atoms with Gasteiger partial charge in [-0.3, -0.25) is 4.90 Å². The fourth-order valence-electron chi connectivity index (χ4n) is 3.72. The maximum atomic E-state index is 5.26. The Bertz CT molecular complexity index is 711. The van der Waals surface area contributed by atoms with Crippen LogP contribution in [0.1, 0.15) is 23.6 Å². The lowest BCUT2D eigenvalue weighted by atomic mass is 9.86. The molecule has 0 radical (unpaired) electrons. The van der Waals surface area contributed by atoms with E-state index in [1.165, 1.54) is 16.8 Å². The second kappa shape index (κ2) is 6.65. The lowest BCUT2D eigenvalue weighted by Crippen LogP contribution is -2.41. The fraction of sp³-hybridized carbons (Fsp3) is 0.350. The molecular weight excluding hydrogens is 298 g/mol. The predicted octanol–water partition coefficient (Wildman–Crippen LogP) is 3.22. The lowest BCUT2D eigenvalue weighted by Gasteiger charge is -2.33. The number of nitrogens with zero attached hydrogens (tertiary/aromatic N) is 2. The highest BCUT2D eigenvalue weighted by molar-refractivity contribution is 5.89. The molecule has 2 atom stereocenters. The van der Waals surface area contributed by atoms with Crippen molar-refractivity contribution in [1.82, 2.24) is 10.3 Å². The maximum Gasteiger partial charge on any atom is 0.118 e.